The zero-order chi connectivity index (χ0) is 19.2. The molecule has 2 aliphatic heterocycles. The van der Waals surface area contributed by atoms with Crippen LogP contribution < -0.4 is 9.64 Å². The van der Waals surface area contributed by atoms with Crippen LogP contribution in [0, 0.1) is 20.8 Å². The van der Waals surface area contributed by atoms with Gasteiger partial charge in [0.05, 0.1) is 0 Å². The van der Waals surface area contributed by atoms with Crippen molar-refractivity contribution in [3.63, 3.8) is 0 Å². The van der Waals surface area contributed by atoms with Crippen LogP contribution >= 0.6 is 0 Å². The summed E-state index contributed by atoms with van der Waals surface area (Å²) >= 11 is 0. The van der Waals surface area contributed by atoms with Crippen molar-refractivity contribution in [3.05, 3.63) is 22.3 Å². The van der Waals surface area contributed by atoms with Crippen LogP contribution in [0.4, 0.5) is 10.5 Å². The molecule has 5 heteroatoms. The normalized spacial score (nSPS) is 20.0. The average Bonchev–Trinajstić information content (AvgIpc) is 2.94. The lowest BCUT2D eigenvalue weighted by molar-refractivity contribution is 0.0240. The van der Waals surface area contributed by atoms with Crippen molar-refractivity contribution in [2.75, 3.05) is 31.1 Å². The molecule has 0 N–H and O–H groups in total. The van der Waals surface area contributed by atoms with Crippen molar-refractivity contribution in [1.82, 2.24) is 4.90 Å². The molecule has 1 unspecified atom stereocenters. The first-order valence-corrected chi connectivity index (χ1v) is 9.60. The summed E-state index contributed by atoms with van der Waals surface area (Å²) in [5.74, 6) is 1.09. The number of carbonyl (C=O) groups excluding carboxylic acids is 1. The van der Waals surface area contributed by atoms with E-state index in [9.17, 15) is 4.79 Å². The molecule has 0 aromatic heterocycles. The molecule has 1 fully saturated rings. The lowest BCUT2D eigenvalue weighted by Gasteiger charge is -2.38. The van der Waals surface area contributed by atoms with Crippen LogP contribution in [0.5, 0.6) is 5.75 Å². The predicted molar refractivity (Wildman–Crippen MR) is 104 cm³/mol. The third-order valence-electron chi connectivity index (χ3n) is 5.40. The third-order valence-corrected chi connectivity index (χ3v) is 5.40. The maximum atomic E-state index is 12.3. The van der Waals surface area contributed by atoms with E-state index < -0.39 is 5.60 Å². The highest BCUT2D eigenvalue weighted by molar-refractivity contribution is 5.71. The second kappa shape index (κ2) is 6.67. The quantitative estimate of drug-likeness (QED) is 0.759. The minimum Gasteiger partial charge on any atom is -0.490 e. The number of ether oxygens (including phenoxy) is 2. The maximum Gasteiger partial charge on any atom is 0.410 e. The smallest absolute Gasteiger partial charge is 0.410 e. The van der Waals surface area contributed by atoms with E-state index in [0.29, 0.717) is 13.1 Å². The van der Waals surface area contributed by atoms with Gasteiger partial charge < -0.3 is 19.3 Å². The second-order valence-electron chi connectivity index (χ2n) is 8.62. The Balaban J connectivity index is 1.78. The Hall–Kier alpha value is -1.91. The maximum absolute atomic E-state index is 12.3. The van der Waals surface area contributed by atoms with Gasteiger partial charge in [0.2, 0.25) is 0 Å². The number of anilines is 1. The summed E-state index contributed by atoms with van der Waals surface area (Å²) in [6.45, 7) is 17.4. The number of benzene rings is 1. The third kappa shape index (κ3) is 3.49. The Bertz CT molecular complexity index is 713. The van der Waals surface area contributed by atoms with Gasteiger partial charge in [0.1, 0.15) is 17.5 Å². The molecule has 0 saturated carbocycles. The second-order valence-corrected chi connectivity index (χ2v) is 8.62. The van der Waals surface area contributed by atoms with E-state index in [1.54, 1.807) is 0 Å². The van der Waals surface area contributed by atoms with Gasteiger partial charge >= 0.3 is 6.09 Å². The summed E-state index contributed by atoms with van der Waals surface area (Å²) < 4.78 is 11.6. The molecule has 0 radical (unpaired) electrons. The van der Waals surface area contributed by atoms with E-state index in [0.717, 1.165) is 25.3 Å². The number of carbonyl (C=O) groups is 1. The first-order valence-electron chi connectivity index (χ1n) is 9.60. The largest absolute Gasteiger partial charge is 0.490 e. The van der Waals surface area contributed by atoms with Gasteiger partial charge in [-0.1, -0.05) is 0 Å². The van der Waals surface area contributed by atoms with E-state index in [-0.39, 0.29) is 12.2 Å². The summed E-state index contributed by atoms with van der Waals surface area (Å²) in [6.07, 6.45) is 1.02. The summed E-state index contributed by atoms with van der Waals surface area (Å²) in [7, 11) is 0. The summed E-state index contributed by atoms with van der Waals surface area (Å²) in [5.41, 5.74) is 6.10. The number of hydrogen-bond acceptors (Lipinski definition) is 4. The van der Waals surface area contributed by atoms with Crippen LogP contribution in [0.2, 0.25) is 0 Å². The number of rotatable bonds is 1. The van der Waals surface area contributed by atoms with Gasteiger partial charge in [0.25, 0.3) is 0 Å². The first kappa shape index (κ1) is 18.9. The van der Waals surface area contributed by atoms with Crippen LogP contribution in [0.25, 0.3) is 0 Å². The molecule has 1 amide bonds. The van der Waals surface area contributed by atoms with Crippen LogP contribution in [-0.2, 0) is 11.2 Å². The van der Waals surface area contributed by atoms with E-state index in [1.165, 1.54) is 27.9 Å². The molecule has 5 nitrogen and oxygen atoms in total. The van der Waals surface area contributed by atoms with Crippen LogP contribution in [0.15, 0.2) is 0 Å². The van der Waals surface area contributed by atoms with Crippen molar-refractivity contribution in [1.29, 1.82) is 0 Å². The van der Waals surface area contributed by atoms with Crippen molar-refractivity contribution in [3.8, 4) is 5.75 Å². The SMILES string of the molecule is Cc1c(C)c(N2CCN(C(=O)OC(C)(C)C)CC2)c(C)c2c1OC(C)C2. The standard InChI is InChI=1S/C21H32N2O3/c1-13-12-17-16(4)18(14(2)15(3)19(17)25-13)22-8-10-23(11-9-22)20(24)26-21(5,6)7/h13H,8-12H2,1-7H3. The molecule has 1 aromatic rings. The lowest BCUT2D eigenvalue weighted by Crippen LogP contribution is -2.50. The Morgan fingerprint density at radius 3 is 2.23 bits per heavy atom. The van der Waals surface area contributed by atoms with Gasteiger partial charge in [0, 0.05) is 43.9 Å². The molecule has 1 atom stereocenters. The molecule has 0 spiro atoms. The van der Waals surface area contributed by atoms with Crippen LogP contribution in [0.3, 0.4) is 0 Å². The fraction of sp³-hybridized carbons (Fsp3) is 0.667. The highest BCUT2D eigenvalue weighted by Gasteiger charge is 2.31. The molecule has 1 saturated heterocycles. The Kier molecular flexibility index (Phi) is 4.84. The highest BCUT2D eigenvalue weighted by Crippen LogP contribution is 2.42. The molecule has 1 aromatic carbocycles. The minimum atomic E-state index is -0.449. The Labute approximate surface area is 157 Å². The first-order chi connectivity index (χ1) is 12.1. The Morgan fingerprint density at radius 2 is 1.65 bits per heavy atom. The number of piperazine rings is 1. The Morgan fingerprint density at radius 1 is 1.04 bits per heavy atom. The van der Waals surface area contributed by atoms with E-state index in [4.69, 9.17) is 9.47 Å². The number of nitrogens with zero attached hydrogens (tertiary/aromatic N) is 2. The van der Waals surface area contributed by atoms with Gasteiger partial charge in [-0.05, 0) is 65.2 Å². The molecule has 2 aliphatic rings. The number of fused-ring (bicyclic) bond motifs is 1. The van der Waals surface area contributed by atoms with Gasteiger partial charge in [-0.15, -0.1) is 0 Å². The summed E-state index contributed by atoms with van der Waals surface area (Å²) in [6, 6.07) is 0. The zero-order valence-electron chi connectivity index (χ0n) is 17.2. The van der Waals surface area contributed by atoms with E-state index in [1.807, 2.05) is 25.7 Å². The van der Waals surface area contributed by atoms with Crippen LogP contribution in [-0.4, -0.2) is 48.9 Å². The lowest BCUT2D eigenvalue weighted by atomic mass is 9.94. The fourth-order valence-corrected chi connectivity index (χ4v) is 4.02. The van der Waals surface area contributed by atoms with Crippen molar-refractivity contribution >= 4 is 11.8 Å². The average molecular weight is 360 g/mol. The van der Waals surface area contributed by atoms with Gasteiger partial charge in [0.15, 0.2) is 0 Å². The van der Waals surface area contributed by atoms with Gasteiger partial charge in [-0.2, -0.15) is 0 Å². The molecule has 3 rings (SSSR count). The molecule has 2 heterocycles. The summed E-state index contributed by atoms with van der Waals surface area (Å²) in [5, 5.41) is 0. The minimum absolute atomic E-state index is 0.210. The molecule has 0 aliphatic carbocycles. The topological polar surface area (TPSA) is 42.0 Å². The van der Waals surface area contributed by atoms with Crippen LogP contribution in [0.1, 0.15) is 49.9 Å². The number of amides is 1. The fourth-order valence-electron chi connectivity index (χ4n) is 4.02. The van der Waals surface area contributed by atoms with Crippen molar-refractivity contribution < 1.29 is 14.3 Å². The molecule has 26 heavy (non-hydrogen) atoms. The molecular weight excluding hydrogens is 328 g/mol. The van der Waals surface area contributed by atoms with Crippen molar-refractivity contribution in [2.24, 2.45) is 0 Å². The van der Waals surface area contributed by atoms with Crippen molar-refractivity contribution in [2.45, 2.75) is 66.6 Å². The summed E-state index contributed by atoms with van der Waals surface area (Å²) in [4.78, 5) is 16.5. The highest BCUT2D eigenvalue weighted by atomic mass is 16.6. The monoisotopic (exact) mass is 360 g/mol. The molecule has 144 valence electrons. The van der Waals surface area contributed by atoms with Gasteiger partial charge in [-0.3, -0.25) is 0 Å². The molecule has 0 bridgehead atoms. The van der Waals surface area contributed by atoms with E-state index in [2.05, 4.69) is 32.6 Å². The zero-order valence-corrected chi connectivity index (χ0v) is 17.2. The number of hydrogen-bond donors (Lipinski definition) is 0. The molecular formula is C21H32N2O3. The van der Waals surface area contributed by atoms with Gasteiger partial charge in [-0.25, -0.2) is 4.79 Å². The predicted octanol–water partition coefficient (Wildman–Crippen LogP) is 3.99. The van der Waals surface area contributed by atoms with E-state index >= 15 is 0 Å².